The smallest absolute Gasteiger partial charge is 0.341 e. The molecule has 1 heterocycles. The van der Waals surface area contributed by atoms with Crippen LogP contribution < -0.4 is 10.1 Å². The van der Waals surface area contributed by atoms with Gasteiger partial charge in [0.2, 0.25) is 0 Å². The van der Waals surface area contributed by atoms with Crippen LogP contribution in [0.4, 0.5) is 5.69 Å². The van der Waals surface area contributed by atoms with Crippen LogP contribution in [0.3, 0.4) is 0 Å². The third-order valence-corrected chi connectivity index (χ3v) is 3.54. The summed E-state index contributed by atoms with van der Waals surface area (Å²) >= 11 is 0. The van der Waals surface area contributed by atoms with Crippen LogP contribution in [0.5, 0.6) is 5.75 Å². The number of nitrogens with one attached hydrogen (secondary N) is 1. The zero-order chi connectivity index (χ0) is 18.6. The first kappa shape index (κ1) is 18.5. The topological polar surface area (TPSA) is 93.4 Å². The SMILES string of the molecule is CCc1c(C(=O)Nc2cccc(OCC(=O)O)c2)cnn1C(C)(C)C. The zero-order valence-corrected chi connectivity index (χ0v) is 14.9. The van der Waals surface area contributed by atoms with Gasteiger partial charge in [0, 0.05) is 11.8 Å². The van der Waals surface area contributed by atoms with Crippen LogP contribution in [0.15, 0.2) is 30.5 Å². The molecule has 25 heavy (non-hydrogen) atoms. The molecule has 0 unspecified atom stereocenters. The Morgan fingerprint density at radius 3 is 2.64 bits per heavy atom. The third-order valence-electron chi connectivity index (χ3n) is 3.54. The number of hydrogen-bond donors (Lipinski definition) is 2. The van der Waals surface area contributed by atoms with Crippen LogP contribution in [-0.2, 0) is 16.8 Å². The number of carboxylic acid groups (broad SMARTS) is 1. The van der Waals surface area contributed by atoms with Gasteiger partial charge >= 0.3 is 5.97 Å². The van der Waals surface area contributed by atoms with Crippen molar-refractivity contribution in [2.45, 2.75) is 39.7 Å². The molecule has 1 aromatic heterocycles. The molecule has 0 aliphatic heterocycles. The summed E-state index contributed by atoms with van der Waals surface area (Å²) in [4.78, 5) is 23.2. The van der Waals surface area contributed by atoms with E-state index >= 15 is 0 Å². The molecule has 1 amide bonds. The first-order valence-electron chi connectivity index (χ1n) is 8.05. The van der Waals surface area contributed by atoms with Crippen molar-refractivity contribution in [3.05, 3.63) is 41.7 Å². The van der Waals surface area contributed by atoms with E-state index in [1.54, 1.807) is 30.5 Å². The number of benzene rings is 1. The maximum atomic E-state index is 12.6. The lowest BCUT2D eigenvalue weighted by atomic mass is 10.1. The Morgan fingerprint density at radius 1 is 1.32 bits per heavy atom. The summed E-state index contributed by atoms with van der Waals surface area (Å²) < 4.78 is 6.98. The monoisotopic (exact) mass is 345 g/mol. The van der Waals surface area contributed by atoms with E-state index in [0.717, 1.165) is 5.69 Å². The average Bonchev–Trinajstić information content (AvgIpc) is 2.97. The van der Waals surface area contributed by atoms with Crippen LogP contribution >= 0.6 is 0 Å². The van der Waals surface area contributed by atoms with Gasteiger partial charge in [0.1, 0.15) is 5.75 Å². The Bertz CT molecular complexity index is 775. The second-order valence-corrected chi connectivity index (χ2v) is 6.61. The lowest BCUT2D eigenvalue weighted by Crippen LogP contribution is -2.26. The fourth-order valence-corrected chi connectivity index (χ4v) is 2.49. The molecule has 2 aromatic rings. The summed E-state index contributed by atoms with van der Waals surface area (Å²) in [6.07, 6.45) is 2.26. The van der Waals surface area contributed by atoms with Crippen molar-refractivity contribution in [2.75, 3.05) is 11.9 Å². The maximum absolute atomic E-state index is 12.6. The van der Waals surface area contributed by atoms with Crippen molar-refractivity contribution in [3.8, 4) is 5.75 Å². The number of nitrogens with zero attached hydrogens (tertiary/aromatic N) is 2. The number of ether oxygens (including phenoxy) is 1. The van der Waals surface area contributed by atoms with Gasteiger partial charge in [0.05, 0.1) is 23.0 Å². The second kappa shape index (κ2) is 7.38. The van der Waals surface area contributed by atoms with Crippen molar-refractivity contribution in [3.63, 3.8) is 0 Å². The van der Waals surface area contributed by atoms with Crippen molar-refractivity contribution in [2.24, 2.45) is 0 Å². The Balaban J connectivity index is 2.19. The largest absolute Gasteiger partial charge is 0.482 e. The quantitative estimate of drug-likeness (QED) is 0.839. The Kier molecular flexibility index (Phi) is 5.46. The van der Waals surface area contributed by atoms with E-state index in [2.05, 4.69) is 10.4 Å². The fourth-order valence-electron chi connectivity index (χ4n) is 2.49. The van der Waals surface area contributed by atoms with Gasteiger partial charge in [-0.05, 0) is 39.3 Å². The van der Waals surface area contributed by atoms with E-state index in [1.807, 2.05) is 32.4 Å². The average molecular weight is 345 g/mol. The molecule has 0 bridgehead atoms. The summed E-state index contributed by atoms with van der Waals surface area (Å²) in [5.74, 6) is -0.944. The predicted molar refractivity (Wildman–Crippen MR) is 94.1 cm³/mol. The van der Waals surface area contributed by atoms with E-state index in [1.165, 1.54) is 0 Å². The van der Waals surface area contributed by atoms with Gasteiger partial charge in [-0.2, -0.15) is 5.10 Å². The van der Waals surface area contributed by atoms with Crippen LogP contribution in [-0.4, -0.2) is 33.4 Å². The number of rotatable bonds is 6. The molecule has 1 aromatic carbocycles. The number of carbonyl (C=O) groups excluding carboxylic acids is 1. The lowest BCUT2D eigenvalue weighted by Gasteiger charge is -2.22. The van der Waals surface area contributed by atoms with Gasteiger partial charge in [0.25, 0.3) is 5.91 Å². The second-order valence-electron chi connectivity index (χ2n) is 6.61. The lowest BCUT2D eigenvalue weighted by molar-refractivity contribution is -0.139. The molecule has 2 N–H and O–H groups in total. The highest BCUT2D eigenvalue weighted by molar-refractivity contribution is 6.05. The minimum absolute atomic E-state index is 0.214. The van der Waals surface area contributed by atoms with Gasteiger partial charge in [-0.25, -0.2) is 4.79 Å². The van der Waals surface area contributed by atoms with E-state index < -0.39 is 12.6 Å². The van der Waals surface area contributed by atoms with Crippen molar-refractivity contribution >= 4 is 17.6 Å². The predicted octanol–water partition coefficient (Wildman–Crippen LogP) is 2.92. The van der Waals surface area contributed by atoms with Gasteiger partial charge in [0.15, 0.2) is 6.61 Å². The summed E-state index contributed by atoms with van der Waals surface area (Å²) in [6, 6.07) is 6.62. The number of amides is 1. The first-order valence-corrected chi connectivity index (χ1v) is 8.05. The number of aliphatic carboxylic acids is 1. The highest BCUT2D eigenvalue weighted by Gasteiger charge is 2.23. The molecule has 0 spiro atoms. The summed E-state index contributed by atoms with van der Waals surface area (Å²) in [5.41, 5.74) is 1.70. The van der Waals surface area contributed by atoms with Gasteiger partial charge in [-0.15, -0.1) is 0 Å². The Labute approximate surface area is 146 Å². The van der Waals surface area contributed by atoms with Crippen molar-refractivity contribution < 1.29 is 19.4 Å². The summed E-state index contributed by atoms with van der Waals surface area (Å²) in [7, 11) is 0. The molecular weight excluding hydrogens is 322 g/mol. The van der Waals surface area contributed by atoms with Crippen LogP contribution in [0.1, 0.15) is 43.7 Å². The van der Waals surface area contributed by atoms with E-state index in [0.29, 0.717) is 23.4 Å². The van der Waals surface area contributed by atoms with Gasteiger partial charge in [-0.1, -0.05) is 13.0 Å². The van der Waals surface area contributed by atoms with Crippen molar-refractivity contribution in [1.82, 2.24) is 9.78 Å². The van der Waals surface area contributed by atoms with E-state index in [-0.39, 0.29) is 11.4 Å². The number of aromatic nitrogens is 2. The number of carboxylic acids is 1. The molecule has 0 saturated carbocycles. The number of hydrogen-bond acceptors (Lipinski definition) is 4. The molecular formula is C18H23N3O4. The molecule has 2 rings (SSSR count). The molecule has 7 nitrogen and oxygen atoms in total. The van der Waals surface area contributed by atoms with Crippen molar-refractivity contribution in [1.29, 1.82) is 0 Å². The normalized spacial score (nSPS) is 11.2. The zero-order valence-electron chi connectivity index (χ0n) is 14.9. The molecule has 134 valence electrons. The maximum Gasteiger partial charge on any atom is 0.341 e. The van der Waals surface area contributed by atoms with E-state index in [9.17, 15) is 9.59 Å². The minimum Gasteiger partial charge on any atom is -0.482 e. The highest BCUT2D eigenvalue weighted by Crippen LogP contribution is 2.22. The Morgan fingerprint density at radius 2 is 2.04 bits per heavy atom. The molecule has 0 aliphatic rings. The van der Waals surface area contributed by atoms with E-state index in [4.69, 9.17) is 9.84 Å². The molecule has 0 aliphatic carbocycles. The highest BCUT2D eigenvalue weighted by atomic mass is 16.5. The number of anilines is 1. The summed E-state index contributed by atoms with van der Waals surface area (Å²) in [5, 5.41) is 15.8. The van der Waals surface area contributed by atoms with Gasteiger partial charge in [-0.3, -0.25) is 9.48 Å². The van der Waals surface area contributed by atoms with Crippen LogP contribution in [0.25, 0.3) is 0 Å². The fraction of sp³-hybridized carbons (Fsp3) is 0.389. The first-order chi connectivity index (χ1) is 11.7. The Hall–Kier alpha value is -2.83. The molecule has 0 saturated heterocycles. The molecule has 0 fully saturated rings. The van der Waals surface area contributed by atoms with Gasteiger partial charge < -0.3 is 15.2 Å². The third kappa shape index (κ3) is 4.59. The van der Waals surface area contributed by atoms with Crippen LogP contribution in [0.2, 0.25) is 0 Å². The number of carbonyl (C=O) groups is 2. The minimum atomic E-state index is -1.06. The van der Waals surface area contributed by atoms with Crippen LogP contribution in [0, 0.1) is 0 Å². The molecule has 0 atom stereocenters. The summed E-state index contributed by atoms with van der Waals surface area (Å²) in [6.45, 7) is 7.64. The molecule has 0 radical (unpaired) electrons. The molecule has 7 heteroatoms. The standard InChI is InChI=1S/C18H23N3O4/c1-5-15-14(10-19-21(15)18(2,3)4)17(24)20-12-7-6-8-13(9-12)25-11-16(22)23/h6-10H,5,11H2,1-4H3,(H,20,24)(H,22,23).